The number of carbonyl (C=O) groups is 1. The number of thiophene rings is 1. The van der Waals surface area contributed by atoms with Crippen molar-refractivity contribution in [1.29, 1.82) is 0 Å². The number of pyridine rings is 1. The van der Waals surface area contributed by atoms with Crippen LogP contribution in [-0.2, 0) is 4.79 Å². The molecule has 4 nitrogen and oxygen atoms in total. The quantitative estimate of drug-likeness (QED) is 0.873. The van der Waals surface area contributed by atoms with Gasteiger partial charge < -0.3 is 10.4 Å². The molecule has 0 saturated heterocycles. The van der Waals surface area contributed by atoms with Crippen LogP contribution in [0.15, 0.2) is 36.0 Å². The number of aliphatic carboxylic acids is 1. The van der Waals surface area contributed by atoms with Crippen LogP contribution in [-0.4, -0.2) is 16.1 Å². The summed E-state index contributed by atoms with van der Waals surface area (Å²) in [5, 5.41) is 14.1. The van der Waals surface area contributed by atoms with Crippen molar-refractivity contribution in [2.45, 2.75) is 13.0 Å². The first-order valence-corrected chi connectivity index (χ1v) is 6.00. The summed E-state index contributed by atoms with van der Waals surface area (Å²) in [5.41, 5.74) is 1.72. The Bertz CT molecular complexity index is 511. The number of aryl methyl sites for hydroxylation is 1. The van der Waals surface area contributed by atoms with E-state index in [2.05, 4.69) is 10.3 Å². The van der Waals surface area contributed by atoms with Crippen molar-refractivity contribution in [1.82, 2.24) is 4.98 Å². The van der Waals surface area contributed by atoms with Crippen LogP contribution < -0.4 is 5.32 Å². The topological polar surface area (TPSA) is 62.2 Å². The minimum absolute atomic E-state index is 0.712. The van der Waals surface area contributed by atoms with Gasteiger partial charge in [-0.2, -0.15) is 0 Å². The molecule has 1 atom stereocenters. The molecule has 2 rings (SSSR count). The number of hydrogen-bond acceptors (Lipinski definition) is 4. The predicted molar refractivity (Wildman–Crippen MR) is 67.3 cm³/mol. The summed E-state index contributed by atoms with van der Waals surface area (Å²) in [4.78, 5) is 16.0. The predicted octanol–water partition coefficient (Wildman–Crippen LogP) is 2.69. The largest absolute Gasteiger partial charge is 0.479 e. The van der Waals surface area contributed by atoms with Crippen LogP contribution in [0.3, 0.4) is 0 Å². The average molecular weight is 248 g/mol. The standard InChI is InChI=1S/C12H12N2O2S/c1-8-7-13-5-4-9(8)14-11(12(15)16)10-3-2-6-17-10/h2-7,11H,1H3,(H,13,14)(H,15,16). The Kier molecular flexibility index (Phi) is 3.39. The first kappa shape index (κ1) is 11.6. The van der Waals surface area contributed by atoms with Gasteiger partial charge in [-0.05, 0) is 30.0 Å². The first-order chi connectivity index (χ1) is 8.18. The molecule has 0 aliphatic rings. The summed E-state index contributed by atoms with van der Waals surface area (Å²) in [6.07, 6.45) is 3.35. The molecule has 17 heavy (non-hydrogen) atoms. The van der Waals surface area contributed by atoms with E-state index in [9.17, 15) is 9.90 Å². The van der Waals surface area contributed by atoms with Crippen LogP contribution in [0, 0.1) is 6.92 Å². The maximum atomic E-state index is 11.2. The Morgan fingerprint density at radius 2 is 2.35 bits per heavy atom. The van der Waals surface area contributed by atoms with Gasteiger partial charge in [0.2, 0.25) is 0 Å². The van der Waals surface area contributed by atoms with Crippen LogP contribution in [0.2, 0.25) is 0 Å². The molecule has 2 aromatic rings. The van der Waals surface area contributed by atoms with E-state index in [0.717, 1.165) is 16.1 Å². The van der Waals surface area contributed by atoms with Crippen LogP contribution in [0.1, 0.15) is 16.5 Å². The highest BCUT2D eigenvalue weighted by Crippen LogP contribution is 2.25. The molecule has 0 amide bonds. The fraction of sp³-hybridized carbons (Fsp3) is 0.167. The van der Waals surface area contributed by atoms with E-state index >= 15 is 0 Å². The zero-order chi connectivity index (χ0) is 12.3. The highest BCUT2D eigenvalue weighted by molar-refractivity contribution is 7.10. The van der Waals surface area contributed by atoms with Gasteiger partial charge in [0.05, 0.1) is 0 Å². The Hall–Kier alpha value is -1.88. The molecule has 88 valence electrons. The Morgan fingerprint density at radius 3 is 2.94 bits per heavy atom. The first-order valence-electron chi connectivity index (χ1n) is 5.12. The van der Waals surface area contributed by atoms with Crippen molar-refractivity contribution in [3.05, 3.63) is 46.4 Å². The molecule has 5 heteroatoms. The van der Waals surface area contributed by atoms with Gasteiger partial charge >= 0.3 is 5.97 Å². The van der Waals surface area contributed by atoms with Gasteiger partial charge in [-0.1, -0.05) is 6.07 Å². The molecule has 0 fully saturated rings. The Labute approximate surface area is 103 Å². The van der Waals surface area contributed by atoms with Gasteiger partial charge in [0.15, 0.2) is 6.04 Å². The van der Waals surface area contributed by atoms with Crippen LogP contribution >= 0.6 is 11.3 Å². The zero-order valence-corrected chi connectivity index (χ0v) is 10.1. The highest BCUT2D eigenvalue weighted by atomic mass is 32.1. The van der Waals surface area contributed by atoms with Crippen LogP contribution in [0.5, 0.6) is 0 Å². The second kappa shape index (κ2) is 4.97. The fourth-order valence-electron chi connectivity index (χ4n) is 1.50. The fourth-order valence-corrected chi connectivity index (χ4v) is 2.27. The van der Waals surface area contributed by atoms with E-state index in [4.69, 9.17) is 0 Å². The molecular formula is C12H12N2O2S. The summed E-state index contributed by atoms with van der Waals surface area (Å²) in [6.45, 7) is 1.89. The van der Waals surface area contributed by atoms with E-state index in [1.807, 2.05) is 24.4 Å². The summed E-state index contributed by atoms with van der Waals surface area (Å²) < 4.78 is 0. The highest BCUT2D eigenvalue weighted by Gasteiger charge is 2.20. The third-order valence-corrected chi connectivity index (χ3v) is 3.33. The summed E-state index contributed by atoms with van der Waals surface area (Å²) in [7, 11) is 0. The average Bonchev–Trinajstić information content (AvgIpc) is 2.81. The number of nitrogens with zero attached hydrogens (tertiary/aromatic N) is 1. The van der Waals surface area contributed by atoms with Crippen molar-refractivity contribution in [3.8, 4) is 0 Å². The molecule has 2 N–H and O–H groups in total. The maximum Gasteiger partial charge on any atom is 0.331 e. The third-order valence-electron chi connectivity index (χ3n) is 2.39. The van der Waals surface area contributed by atoms with Gasteiger partial charge in [0.1, 0.15) is 0 Å². The monoisotopic (exact) mass is 248 g/mol. The lowest BCUT2D eigenvalue weighted by molar-refractivity contribution is -0.138. The van der Waals surface area contributed by atoms with Crippen molar-refractivity contribution in [2.75, 3.05) is 5.32 Å². The molecule has 0 radical (unpaired) electrons. The minimum Gasteiger partial charge on any atom is -0.479 e. The second-order valence-corrected chi connectivity index (χ2v) is 4.60. The van der Waals surface area contributed by atoms with E-state index in [0.29, 0.717) is 0 Å². The molecule has 0 spiro atoms. The van der Waals surface area contributed by atoms with E-state index in [1.54, 1.807) is 18.5 Å². The molecule has 0 saturated carbocycles. The Balaban J connectivity index is 2.26. The zero-order valence-electron chi connectivity index (χ0n) is 9.25. The summed E-state index contributed by atoms with van der Waals surface area (Å²) in [6, 6.07) is 4.72. The van der Waals surface area contributed by atoms with E-state index < -0.39 is 12.0 Å². The molecule has 0 aliphatic carbocycles. The number of nitrogens with one attached hydrogen (secondary N) is 1. The number of anilines is 1. The molecular weight excluding hydrogens is 236 g/mol. The van der Waals surface area contributed by atoms with E-state index in [-0.39, 0.29) is 0 Å². The third kappa shape index (κ3) is 2.62. The van der Waals surface area contributed by atoms with Crippen molar-refractivity contribution in [3.63, 3.8) is 0 Å². The molecule has 0 aromatic carbocycles. The van der Waals surface area contributed by atoms with Crippen molar-refractivity contribution >= 4 is 23.0 Å². The van der Waals surface area contributed by atoms with Crippen molar-refractivity contribution < 1.29 is 9.90 Å². The summed E-state index contributed by atoms with van der Waals surface area (Å²) >= 11 is 1.43. The lowest BCUT2D eigenvalue weighted by Gasteiger charge is -2.15. The van der Waals surface area contributed by atoms with Gasteiger partial charge in [-0.3, -0.25) is 4.98 Å². The molecule has 0 aliphatic heterocycles. The number of aromatic nitrogens is 1. The second-order valence-electron chi connectivity index (χ2n) is 3.62. The van der Waals surface area contributed by atoms with Crippen LogP contribution in [0.4, 0.5) is 5.69 Å². The molecule has 2 aromatic heterocycles. The number of carboxylic acids is 1. The van der Waals surface area contributed by atoms with Crippen LogP contribution in [0.25, 0.3) is 0 Å². The van der Waals surface area contributed by atoms with Gasteiger partial charge in [-0.25, -0.2) is 4.79 Å². The SMILES string of the molecule is Cc1cnccc1NC(C(=O)O)c1cccs1. The normalized spacial score (nSPS) is 12.1. The summed E-state index contributed by atoms with van der Waals surface area (Å²) in [5.74, 6) is -0.885. The number of carboxylic acid groups (broad SMARTS) is 1. The van der Waals surface area contributed by atoms with Gasteiger partial charge in [0, 0.05) is 23.0 Å². The number of hydrogen-bond donors (Lipinski definition) is 2. The molecule has 1 unspecified atom stereocenters. The maximum absolute atomic E-state index is 11.2. The lowest BCUT2D eigenvalue weighted by Crippen LogP contribution is -2.19. The number of rotatable bonds is 4. The van der Waals surface area contributed by atoms with E-state index in [1.165, 1.54) is 11.3 Å². The molecule has 2 heterocycles. The lowest BCUT2D eigenvalue weighted by atomic mass is 10.2. The smallest absolute Gasteiger partial charge is 0.331 e. The van der Waals surface area contributed by atoms with Gasteiger partial charge in [-0.15, -0.1) is 11.3 Å². The minimum atomic E-state index is -0.885. The Morgan fingerprint density at radius 1 is 1.53 bits per heavy atom. The van der Waals surface area contributed by atoms with Crippen molar-refractivity contribution in [2.24, 2.45) is 0 Å². The van der Waals surface area contributed by atoms with Gasteiger partial charge in [0.25, 0.3) is 0 Å². The molecule has 0 bridgehead atoms.